The molecule has 0 rings (SSSR count). The van der Waals surface area contributed by atoms with Gasteiger partial charge in [0.1, 0.15) is 18.4 Å². The van der Waals surface area contributed by atoms with E-state index in [9.17, 15) is 14.4 Å². The molecular formula is C11H22N4O4. The van der Waals surface area contributed by atoms with Gasteiger partial charge >= 0.3 is 0 Å². The number of carbonyl (C=O) groups excluding carboxylic acids is 3. The van der Waals surface area contributed by atoms with Gasteiger partial charge in [-0.3, -0.25) is 9.59 Å². The summed E-state index contributed by atoms with van der Waals surface area (Å²) >= 11 is 0. The molecule has 0 aromatic carbocycles. The number of amides is 2. The number of nitrogens with two attached hydrogens (primary N) is 2. The third kappa shape index (κ3) is 7.50. The summed E-state index contributed by atoms with van der Waals surface area (Å²) in [6.45, 7) is -0.127. The summed E-state index contributed by atoms with van der Waals surface area (Å²) in [6, 6.07) is -1.85. The van der Waals surface area contributed by atoms with Crippen LogP contribution in [0.25, 0.3) is 0 Å². The first-order valence-electron chi connectivity index (χ1n) is 6.15. The molecule has 0 aliphatic rings. The van der Waals surface area contributed by atoms with Gasteiger partial charge in [-0.15, -0.1) is 0 Å². The molecule has 7 N–H and O–H groups in total. The average molecular weight is 274 g/mol. The maximum absolute atomic E-state index is 11.7. The van der Waals surface area contributed by atoms with Gasteiger partial charge < -0.3 is 32.0 Å². The van der Waals surface area contributed by atoms with Crippen LogP contribution < -0.4 is 22.1 Å². The van der Waals surface area contributed by atoms with E-state index >= 15 is 0 Å². The van der Waals surface area contributed by atoms with E-state index < -0.39 is 30.5 Å². The van der Waals surface area contributed by atoms with Crippen LogP contribution in [0.2, 0.25) is 0 Å². The third-order valence-electron chi connectivity index (χ3n) is 2.47. The monoisotopic (exact) mass is 274 g/mol. The van der Waals surface area contributed by atoms with Gasteiger partial charge in [0.2, 0.25) is 11.8 Å². The summed E-state index contributed by atoms with van der Waals surface area (Å²) in [6.07, 6.45) is 2.33. The van der Waals surface area contributed by atoms with Gasteiger partial charge in [0.15, 0.2) is 0 Å². The summed E-state index contributed by atoms with van der Waals surface area (Å²) in [5, 5.41) is 13.6. The fraction of sp³-hybridized carbons (Fsp3) is 0.727. The molecule has 0 aliphatic heterocycles. The molecule has 0 radical (unpaired) electrons. The summed E-state index contributed by atoms with van der Waals surface area (Å²) < 4.78 is 0. The molecule has 0 saturated heterocycles. The van der Waals surface area contributed by atoms with Crippen LogP contribution >= 0.6 is 0 Å². The smallest absolute Gasteiger partial charge is 0.242 e. The van der Waals surface area contributed by atoms with Crippen molar-refractivity contribution < 1.29 is 19.5 Å². The molecule has 0 aromatic heterocycles. The average Bonchev–Trinajstić information content (AvgIpc) is 2.42. The van der Waals surface area contributed by atoms with Crippen LogP contribution in [-0.2, 0) is 14.4 Å². The molecular weight excluding hydrogens is 252 g/mol. The standard InChI is InChI=1S/C11H22N4O4/c12-4-2-1-3-9(11(19)14-5-6-16)15-10(18)8(13)7-17/h6,8-9,17H,1-5,7,12-13H2,(H,14,19)(H,15,18)/t8-,9+/m1/s1. The van der Waals surface area contributed by atoms with E-state index in [0.717, 1.165) is 6.42 Å². The van der Waals surface area contributed by atoms with Crippen molar-refractivity contribution in [3.8, 4) is 0 Å². The normalized spacial score (nSPS) is 13.4. The highest BCUT2D eigenvalue weighted by molar-refractivity contribution is 5.90. The van der Waals surface area contributed by atoms with E-state index in [0.29, 0.717) is 25.7 Å². The lowest BCUT2D eigenvalue weighted by Crippen LogP contribution is -2.52. The first kappa shape index (κ1) is 17.5. The molecule has 19 heavy (non-hydrogen) atoms. The summed E-state index contributed by atoms with van der Waals surface area (Å²) in [7, 11) is 0. The zero-order chi connectivity index (χ0) is 14.7. The Balaban J connectivity index is 4.43. The molecule has 2 amide bonds. The number of rotatable bonds is 10. The minimum Gasteiger partial charge on any atom is -0.394 e. The number of carbonyl (C=O) groups is 3. The number of aliphatic hydroxyl groups is 1. The van der Waals surface area contributed by atoms with E-state index in [2.05, 4.69) is 10.6 Å². The third-order valence-corrected chi connectivity index (χ3v) is 2.47. The predicted molar refractivity (Wildman–Crippen MR) is 69.0 cm³/mol. The van der Waals surface area contributed by atoms with Crippen molar-refractivity contribution in [3.05, 3.63) is 0 Å². The maximum Gasteiger partial charge on any atom is 0.242 e. The Kier molecular flexibility index (Phi) is 9.59. The molecule has 0 bridgehead atoms. The minimum absolute atomic E-state index is 0.117. The first-order chi connectivity index (χ1) is 9.06. The molecule has 0 aromatic rings. The molecule has 0 saturated carbocycles. The number of hydrogen-bond donors (Lipinski definition) is 5. The van der Waals surface area contributed by atoms with Gasteiger partial charge in [0, 0.05) is 0 Å². The number of unbranched alkanes of at least 4 members (excludes halogenated alkanes) is 1. The van der Waals surface area contributed by atoms with Crippen LogP contribution in [0.5, 0.6) is 0 Å². The van der Waals surface area contributed by atoms with E-state index in [4.69, 9.17) is 16.6 Å². The highest BCUT2D eigenvalue weighted by atomic mass is 16.3. The molecule has 0 heterocycles. The van der Waals surface area contributed by atoms with Crippen LogP contribution in [0.3, 0.4) is 0 Å². The van der Waals surface area contributed by atoms with Gasteiger partial charge in [0.05, 0.1) is 13.2 Å². The van der Waals surface area contributed by atoms with Crippen molar-refractivity contribution in [2.24, 2.45) is 11.5 Å². The van der Waals surface area contributed by atoms with Gasteiger partial charge in [-0.25, -0.2) is 0 Å². The Hall–Kier alpha value is -1.51. The van der Waals surface area contributed by atoms with Crippen LogP contribution in [-0.4, -0.2) is 55.0 Å². The zero-order valence-electron chi connectivity index (χ0n) is 10.8. The highest BCUT2D eigenvalue weighted by Crippen LogP contribution is 2.01. The Labute approximate surface area is 111 Å². The second kappa shape index (κ2) is 10.4. The Morgan fingerprint density at radius 2 is 1.95 bits per heavy atom. The fourth-order valence-corrected chi connectivity index (χ4v) is 1.39. The van der Waals surface area contributed by atoms with E-state index in [1.807, 2.05) is 0 Å². The van der Waals surface area contributed by atoms with Crippen molar-refractivity contribution in [2.45, 2.75) is 31.3 Å². The van der Waals surface area contributed by atoms with E-state index in [1.54, 1.807) is 0 Å². The van der Waals surface area contributed by atoms with Crippen molar-refractivity contribution in [1.29, 1.82) is 0 Å². The van der Waals surface area contributed by atoms with Gasteiger partial charge in [-0.05, 0) is 25.8 Å². The van der Waals surface area contributed by atoms with E-state index in [-0.39, 0.29) is 6.54 Å². The number of aliphatic hydroxyl groups excluding tert-OH is 1. The van der Waals surface area contributed by atoms with Crippen LogP contribution in [0.15, 0.2) is 0 Å². The number of hydrogen-bond acceptors (Lipinski definition) is 6. The first-order valence-corrected chi connectivity index (χ1v) is 6.15. The van der Waals surface area contributed by atoms with Crippen LogP contribution in [0, 0.1) is 0 Å². The zero-order valence-corrected chi connectivity index (χ0v) is 10.8. The lowest BCUT2D eigenvalue weighted by Gasteiger charge is -2.19. The maximum atomic E-state index is 11.7. The number of nitrogens with one attached hydrogen (secondary N) is 2. The Morgan fingerprint density at radius 3 is 2.47 bits per heavy atom. The summed E-state index contributed by atoms with van der Waals surface area (Å²) in [5.41, 5.74) is 10.7. The molecule has 110 valence electrons. The second-order valence-corrected chi connectivity index (χ2v) is 4.05. The van der Waals surface area contributed by atoms with Crippen LogP contribution in [0.1, 0.15) is 19.3 Å². The second-order valence-electron chi connectivity index (χ2n) is 4.05. The van der Waals surface area contributed by atoms with Crippen molar-refractivity contribution in [2.75, 3.05) is 19.7 Å². The molecule has 0 spiro atoms. The van der Waals surface area contributed by atoms with Gasteiger partial charge in [-0.1, -0.05) is 0 Å². The molecule has 8 heteroatoms. The topological polar surface area (TPSA) is 148 Å². The molecule has 2 atom stereocenters. The molecule has 0 unspecified atom stereocenters. The van der Waals surface area contributed by atoms with Crippen molar-refractivity contribution in [1.82, 2.24) is 10.6 Å². The van der Waals surface area contributed by atoms with Gasteiger partial charge in [-0.2, -0.15) is 0 Å². The SMILES string of the molecule is NCCCC[C@H](NC(=O)[C@H](N)CO)C(=O)NCC=O. The minimum atomic E-state index is -1.07. The van der Waals surface area contributed by atoms with E-state index in [1.165, 1.54) is 0 Å². The quantitative estimate of drug-likeness (QED) is 0.215. The highest BCUT2D eigenvalue weighted by Gasteiger charge is 2.22. The van der Waals surface area contributed by atoms with Gasteiger partial charge in [0.25, 0.3) is 0 Å². The largest absolute Gasteiger partial charge is 0.394 e. The van der Waals surface area contributed by atoms with Crippen LogP contribution in [0.4, 0.5) is 0 Å². The molecule has 8 nitrogen and oxygen atoms in total. The predicted octanol–water partition coefficient (Wildman–Crippen LogP) is -2.77. The summed E-state index contributed by atoms with van der Waals surface area (Å²) in [5.74, 6) is -1.07. The summed E-state index contributed by atoms with van der Waals surface area (Å²) in [4.78, 5) is 33.4. The van der Waals surface area contributed by atoms with Crippen molar-refractivity contribution >= 4 is 18.1 Å². The lowest BCUT2D eigenvalue weighted by atomic mass is 10.1. The molecule has 0 fully saturated rings. The van der Waals surface area contributed by atoms with Crippen molar-refractivity contribution in [3.63, 3.8) is 0 Å². The molecule has 0 aliphatic carbocycles. The Morgan fingerprint density at radius 1 is 1.26 bits per heavy atom. The number of aldehydes is 1. The Bertz CT molecular complexity index is 298. The fourth-order valence-electron chi connectivity index (χ4n) is 1.39. The lowest BCUT2D eigenvalue weighted by molar-refractivity contribution is -0.130.